The average molecular weight is 265 g/mol. The van der Waals surface area contributed by atoms with Crippen LogP contribution in [0.3, 0.4) is 0 Å². The number of rotatable bonds is 5. The van der Waals surface area contributed by atoms with Crippen molar-refractivity contribution in [3.8, 4) is 5.75 Å². The van der Waals surface area contributed by atoms with Crippen LogP contribution in [0.5, 0.6) is 5.75 Å². The Morgan fingerprint density at radius 1 is 1.37 bits per heavy atom. The van der Waals surface area contributed by atoms with Gasteiger partial charge in [-0.25, -0.2) is 0 Å². The molecule has 0 radical (unpaired) electrons. The van der Waals surface area contributed by atoms with E-state index < -0.39 is 6.04 Å². The Morgan fingerprint density at radius 2 is 2.05 bits per heavy atom. The van der Waals surface area contributed by atoms with Gasteiger partial charge in [0.05, 0.1) is 18.8 Å². The summed E-state index contributed by atoms with van der Waals surface area (Å²) >= 11 is 0. The molecule has 0 spiro atoms. The molecular weight excluding hydrogens is 246 g/mol. The zero-order chi connectivity index (χ0) is 14.4. The molecule has 0 saturated heterocycles. The Morgan fingerprint density at radius 3 is 2.58 bits per heavy atom. The van der Waals surface area contributed by atoms with Crippen LogP contribution in [0, 0.1) is 0 Å². The van der Waals surface area contributed by atoms with Gasteiger partial charge in [0.1, 0.15) is 5.75 Å². The lowest BCUT2D eigenvalue weighted by atomic mass is 10.2. The van der Waals surface area contributed by atoms with Crippen molar-refractivity contribution in [3.63, 3.8) is 0 Å². The van der Waals surface area contributed by atoms with E-state index in [-0.39, 0.29) is 11.8 Å². The number of hydrogen-bond donors (Lipinski definition) is 3. The fourth-order valence-corrected chi connectivity index (χ4v) is 1.50. The molecular formula is C13H19N3O3. The summed E-state index contributed by atoms with van der Waals surface area (Å²) in [5.74, 6) is 0.0271. The highest BCUT2D eigenvalue weighted by atomic mass is 16.5. The minimum atomic E-state index is -0.575. The number of benzene rings is 1. The summed E-state index contributed by atoms with van der Waals surface area (Å²) in [5.41, 5.74) is 6.70. The summed E-state index contributed by atoms with van der Waals surface area (Å²) in [6, 6.07) is 4.41. The molecule has 1 aromatic rings. The third-order valence-electron chi connectivity index (χ3n) is 2.55. The van der Waals surface area contributed by atoms with Crippen molar-refractivity contribution in [2.75, 3.05) is 17.7 Å². The number of amides is 2. The Hall–Kier alpha value is -2.08. The summed E-state index contributed by atoms with van der Waals surface area (Å²) in [6.45, 7) is 3.24. The predicted octanol–water partition coefficient (Wildman–Crippen LogP) is 1.33. The van der Waals surface area contributed by atoms with E-state index in [4.69, 9.17) is 10.5 Å². The second-order valence-electron chi connectivity index (χ2n) is 4.10. The van der Waals surface area contributed by atoms with Crippen molar-refractivity contribution in [1.82, 2.24) is 0 Å². The molecule has 4 N–H and O–H groups in total. The lowest BCUT2D eigenvalue weighted by Crippen LogP contribution is -2.34. The van der Waals surface area contributed by atoms with Crippen LogP contribution in [0.4, 0.5) is 11.4 Å². The number of nitrogens with one attached hydrogen (secondary N) is 2. The minimum absolute atomic E-state index is 0.187. The van der Waals surface area contributed by atoms with Gasteiger partial charge in [-0.05, 0) is 24.6 Å². The molecule has 6 nitrogen and oxygen atoms in total. The number of carbonyl (C=O) groups is 2. The molecule has 19 heavy (non-hydrogen) atoms. The summed E-state index contributed by atoms with van der Waals surface area (Å²) in [7, 11) is 1.50. The van der Waals surface area contributed by atoms with Crippen molar-refractivity contribution in [1.29, 1.82) is 0 Å². The van der Waals surface area contributed by atoms with Gasteiger partial charge in [-0.1, -0.05) is 6.92 Å². The normalized spacial score (nSPS) is 11.6. The van der Waals surface area contributed by atoms with Gasteiger partial charge < -0.3 is 21.1 Å². The van der Waals surface area contributed by atoms with Crippen molar-refractivity contribution >= 4 is 23.2 Å². The SMILES string of the molecule is CC[C@@H](N)C(=O)Nc1cc(NC(C)=O)ccc1OC. The lowest BCUT2D eigenvalue weighted by Gasteiger charge is -2.14. The number of methoxy groups -OCH3 is 1. The van der Waals surface area contributed by atoms with Crippen LogP contribution in [-0.4, -0.2) is 25.0 Å². The maximum Gasteiger partial charge on any atom is 0.241 e. The molecule has 0 saturated carbocycles. The molecule has 0 unspecified atom stereocenters. The van der Waals surface area contributed by atoms with Crippen LogP contribution in [0.1, 0.15) is 20.3 Å². The fraction of sp³-hybridized carbons (Fsp3) is 0.385. The maximum absolute atomic E-state index is 11.8. The average Bonchev–Trinajstić information content (AvgIpc) is 2.37. The van der Waals surface area contributed by atoms with Crippen LogP contribution in [-0.2, 0) is 9.59 Å². The zero-order valence-corrected chi connectivity index (χ0v) is 11.3. The first-order valence-corrected chi connectivity index (χ1v) is 6.00. The number of nitrogens with two attached hydrogens (primary N) is 1. The van der Waals surface area contributed by atoms with Gasteiger partial charge in [-0.15, -0.1) is 0 Å². The van der Waals surface area contributed by atoms with Crippen LogP contribution >= 0.6 is 0 Å². The van der Waals surface area contributed by atoms with E-state index in [0.717, 1.165) is 0 Å². The van der Waals surface area contributed by atoms with Gasteiger partial charge in [0.2, 0.25) is 11.8 Å². The second kappa shape index (κ2) is 6.75. The molecule has 2 amide bonds. The van der Waals surface area contributed by atoms with E-state index >= 15 is 0 Å². The fourth-order valence-electron chi connectivity index (χ4n) is 1.50. The zero-order valence-electron chi connectivity index (χ0n) is 11.3. The summed E-state index contributed by atoms with van der Waals surface area (Å²) in [6.07, 6.45) is 0.541. The first-order chi connectivity index (χ1) is 8.97. The van der Waals surface area contributed by atoms with Crippen LogP contribution < -0.4 is 21.1 Å². The Labute approximate surface area is 112 Å². The molecule has 6 heteroatoms. The Bertz CT molecular complexity index is 474. The van der Waals surface area contributed by atoms with Crippen LogP contribution in [0.15, 0.2) is 18.2 Å². The van der Waals surface area contributed by atoms with Crippen molar-refractivity contribution in [3.05, 3.63) is 18.2 Å². The number of anilines is 2. The van der Waals surface area contributed by atoms with E-state index in [0.29, 0.717) is 23.5 Å². The van der Waals surface area contributed by atoms with Crippen molar-refractivity contribution < 1.29 is 14.3 Å². The molecule has 104 valence electrons. The molecule has 0 aliphatic rings. The Balaban J connectivity index is 2.95. The molecule has 0 fully saturated rings. The van der Waals surface area contributed by atoms with E-state index in [9.17, 15) is 9.59 Å². The lowest BCUT2D eigenvalue weighted by molar-refractivity contribution is -0.117. The van der Waals surface area contributed by atoms with Gasteiger partial charge in [-0.3, -0.25) is 9.59 Å². The quantitative estimate of drug-likeness (QED) is 0.748. The van der Waals surface area contributed by atoms with Crippen molar-refractivity contribution in [2.24, 2.45) is 5.73 Å². The molecule has 1 rings (SSSR count). The smallest absolute Gasteiger partial charge is 0.241 e. The number of ether oxygens (including phenoxy) is 1. The highest BCUT2D eigenvalue weighted by Crippen LogP contribution is 2.28. The maximum atomic E-state index is 11.8. The molecule has 0 aromatic heterocycles. The van der Waals surface area contributed by atoms with Gasteiger partial charge in [-0.2, -0.15) is 0 Å². The Kier molecular flexibility index (Phi) is 5.32. The largest absolute Gasteiger partial charge is 0.495 e. The third-order valence-corrected chi connectivity index (χ3v) is 2.55. The molecule has 0 aliphatic carbocycles. The van der Waals surface area contributed by atoms with Gasteiger partial charge in [0.25, 0.3) is 0 Å². The second-order valence-corrected chi connectivity index (χ2v) is 4.10. The minimum Gasteiger partial charge on any atom is -0.495 e. The van der Waals surface area contributed by atoms with E-state index in [1.807, 2.05) is 6.92 Å². The van der Waals surface area contributed by atoms with E-state index in [2.05, 4.69) is 10.6 Å². The molecule has 1 atom stereocenters. The topological polar surface area (TPSA) is 93.5 Å². The first-order valence-electron chi connectivity index (χ1n) is 6.00. The van der Waals surface area contributed by atoms with Crippen LogP contribution in [0.2, 0.25) is 0 Å². The first kappa shape index (κ1) is 15.0. The summed E-state index contributed by atoms with van der Waals surface area (Å²) in [4.78, 5) is 22.8. The molecule has 0 heterocycles. The number of carbonyl (C=O) groups excluding carboxylic acids is 2. The standard InChI is InChI=1S/C13H19N3O3/c1-4-10(14)13(18)16-11-7-9(15-8(2)17)5-6-12(11)19-3/h5-7,10H,4,14H2,1-3H3,(H,15,17)(H,16,18)/t10-/m1/s1. The predicted molar refractivity (Wildman–Crippen MR) is 74.2 cm³/mol. The molecule has 0 aliphatic heterocycles. The van der Waals surface area contributed by atoms with Crippen LogP contribution in [0.25, 0.3) is 0 Å². The van der Waals surface area contributed by atoms with Gasteiger partial charge >= 0.3 is 0 Å². The molecule has 1 aromatic carbocycles. The highest BCUT2D eigenvalue weighted by Gasteiger charge is 2.14. The summed E-state index contributed by atoms with van der Waals surface area (Å²) < 4.78 is 5.15. The van der Waals surface area contributed by atoms with Gasteiger partial charge in [0.15, 0.2) is 0 Å². The molecule has 0 bridgehead atoms. The number of hydrogen-bond acceptors (Lipinski definition) is 4. The third kappa shape index (κ3) is 4.26. The van der Waals surface area contributed by atoms with Crippen molar-refractivity contribution in [2.45, 2.75) is 26.3 Å². The van der Waals surface area contributed by atoms with E-state index in [1.165, 1.54) is 14.0 Å². The highest BCUT2D eigenvalue weighted by molar-refractivity contribution is 5.97. The monoisotopic (exact) mass is 265 g/mol. The summed E-state index contributed by atoms with van der Waals surface area (Å²) in [5, 5.41) is 5.32. The van der Waals surface area contributed by atoms with E-state index in [1.54, 1.807) is 18.2 Å². The van der Waals surface area contributed by atoms with Gasteiger partial charge in [0, 0.05) is 12.6 Å².